The summed E-state index contributed by atoms with van der Waals surface area (Å²) in [6, 6.07) is 67.7. The van der Waals surface area contributed by atoms with Crippen molar-refractivity contribution >= 4 is 56.2 Å². The molecule has 2 atom stereocenters. The lowest BCUT2D eigenvalue weighted by Crippen LogP contribution is -2.24. The summed E-state index contributed by atoms with van der Waals surface area (Å²) in [5.74, 6) is 0.992. The Balaban J connectivity index is 0.883. The molecule has 0 aliphatic heterocycles. The summed E-state index contributed by atoms with van der Waals surface area (Å²) >= 11 is 0. The van der Waals surface area contributed by atoms with Crippen LogP contribution in [0.2, 0.25) is 0 Å². The summed E-state index contributed by atoms with van der Waals surface area (Å²) in [6.07, 6.45) is 17.7. The van der Waals surface area contributed by atoms with Gasteiger partial charge in [0.15, 0.2) is 0 Å². The maximum absolute atomic E-state index is 3.95. The van der Waals surface area contributed by atoms with Crippen LogP contribution in [0, 0.1) is 11.8 Å². The lowest BCUT2D eigenvalue weighted by atomic mass is 9.75. The highest BCUT2D eigenvalue weighted by Crippen LogP contribution is 2.54. The van der Waals surface area contributed by atoms with Gasteiger partial charge in [0.2, 0.25) is 0 Å². The zero-order valence-electron chi connectivity index (χ0n) is 39.0. The van der Waals surface area contributed by atoms with Crippen molar-refractivity contribution < 1.29 is 0 Å². The van der Waals surface area contributed by atoms with Gasteiger partial charge in [-0.1, -0.05) is 185 Å². The first kappa shape index (κ1) is 41.5. The monoisotopic (exact) mass is 874 g/mol. The minimum Gasteiger partial charge on any atom is -0.313 e. The van der Waals surface area contributed by atoms with Gasteiger partial charge in [-0.25, -0.2) is 0 Å². The minimum absolute atomic E-state index is 0.0389. The first-order valence-electron chi connectivity index (χ1n) is 24.2. The lowest BCUT2D eigenvalue weighted by Gasteiger charge is -2.30. The molecule has 8 aromatic carbocycles. The SMILES string of the molecule is C=Cc1ccc(-c2ccc3c(c2)c2cc(-c4ccc(-c5ccc(N(c6ccc(-c7ccccc7)cc6)c6ccc7c(c6)C(C)(C)C6CC=CC=C76)cc5)cc4)ccc2n3C2=CC=CC(C)C2)cc1. The van der Waals surface area contributed by atoms with Crippen LogP contribution < -0.4 is 4.90 Å². The highest BCUT2D eigenvalue weighted by molar-refractivity contribution is 6.12. The maximum Gasteiger partial charge on any atom is 0.0538 e. The molecule has 0 saturated heterocycles. The van der Waals surface area contributed by atoms with E-state index in [1.807, 2.05) is 6.08 Å². The third-order valence-electron chi connectivity index (χ3n) is 15.0. The normalized spacial score (nSPS) is 16.9. The van der Waals surface area contributed by atoms with E-state index in [0.717, 1.165) is 29.8 Å². The van der Waals surface area contributed by atoms with Gasteiger partial charge in [0.05, 0.1) is 11.0 Å². The van der Waals surface area contributed by atoms with Gasteiger partial charge in [-0.05, 0) is 164 Å². The molecule has 0 N–H and O–H groups in total. The van der Waals surface area contributed by atoms with Gasteiger partial charge < -0.3 is 9.47 Å². The predicted octanol–water partition coefficient (Wildman–Crippen LogP) is 18.3. The van der Waals surface area contributed by atoms with Crippen molar-refractivity contribution in [2.45, 2.75) is 39.0 Å². The van der Waals surface area contributed by atoms with E-state index in [1.54, 1.807) is 0 Å². The average Bonchev–Trinajstić information content (AvgIpc) is 3.84. The van der Waals surface area contributed by atoms with Gasteiger partial charge in [0.25, 0.3) is 0 Å². The number of benzene rings is 8. The van der Waals surface area contributed by atoms with E-state index in [0.29, 0.717) is 11.8 Å². The Kier molecular flexibility index (Phi) is 10.2. The second kappa shape index (κ2) is 16.7. The number of fused-ring (bicyclic) bond motifs is 6. The molecule has 3 aliphatic carbocycles. The fourth-order valence-corrected chi connectivity index (χ4v) is 11.3. The molecule has 1 aromatic heterocycles. The van der Waals surface area contributed by atoms with Gasteiger partial charge >= 0.3 is 0 Å². The standard InChI is InChI=1S/C66H54N2/c1-5-45-18-20-50(21-19-45)52-30-38-64-60(41-52)61-42-53(31-39-65(61)68(64)56-15-11-12-44(2)40-56)51-24-22-47(23-25-51)49-28-34-55(35-29-49)67(54-32-26-48(27-33-54)46-13-7-6-8-14-46)57-36-37-59-58-16-9-10-17-62(58)66(3,4)63(59)43-57/h5-16,18-39,41-44,62H,1,17,40H2,2-4H3. The summed E-state index contributed by atoms with van der Waals surface area (Å²) in [6.45, 7) is 11.1. The van der Waals surface area contributed by atoms with Crippen LogP contribution in [0.25, 0.3) is 83.7 Å². The van der Waals surface area contributed by atoms with Crippen LogP contribution in [0.1, 0.15) is 50.3 Å². The number of aromatic nitrogens is 1. The van der Waals surface area contributed by atoms with Gasteiger partial charge in [0.1, 0.15) is 0 Å². The van der Waals surface area contributed by atoms with Crippen LogP contribution in [0.3, 0.4) is 0 Å². The van der Waals surface area contributed by atoms with Gasteiger partial charge in [-0.3, -0.25) is 0 Å². The van der Waals surface area contributed by atoms with Crippen LogP contribution in [0.4, 0.5) is 17.1 Å². The molecule has 0 bridgehead atoms. The summed E-state index contributed by atoms with van der Waals surface area (Å²) < 4.78 is 2.49. The first-order chi connectivity index (χ1) is 33.3. The summed E-state index contributed by atoms with van der Waals surface area (Å²) in [7, 11) is 0. The summed E-state index contributed by atoms with van der Waals surface area (Å²) in [5.41, 5.74) is 22.4. The van der Waals surface area contributed by atoms with Crippen molar-refractivity contribution in [2.24, 2.45) is 11.8 Å². The van der Waals surface area contributed by atoms with Crippen LogP contribution in [-0.2, 0) is 5.41 Å². The van der Waals surface area contributed by atoms with Crippen LogP contribution in [0.15, 0.2) is 225 Å². The van der Waals surface area contributed by atoms with Crippen molar-refractivity contribution in [1.82, 2.24) is 4.57 Å². The first-order valence-corrected chi connectivity index (χ1v) is 24.2. The largest absolute Gasteiger partial charge is 0.313 e. The Bertz CT molecular complexity index is 3520. The Labute approximate surface area is 400 Å². The second-order valence-electron chi connectivity index (χ2n) is 19.5. The van der Waals surface area contributed by atoms with E-state index < -0.39 is 0 Å². The molecule has 68 heavy (non-hydrogen) atoms. The Morgan fingerprint density at radius 1 is 0.544 bits per heavy atom. The molecule has 0 radical (unpaired) electrons. The average molecular weight is 875 g/mol. The predicted molar refractivity (Wildman–Crippen MR) is 291 cm³/mol. The van der Waals surface area contributed by atoms with Crippen molar-refractivity contribution in [2.75, 3.05) is 4.90 Å². The van der Waals surface area contributed by atoms with E-state index in [4.69, 9.17) is 0 Å². The van der Waals surface area contributed by atoms with Crippen molar-refractivity contribution in [3.63, 3.8) is 0 Å². The number of allylic oxidation sites excluding steroid dienone is 8. The van der Waals surface area contributed by atoms with Crippen molar-refractivity contribution in [3.05, 3.63) is 242 Å². The van der Waals surface area contributed by atoms with Gasteiger partial charge in [-0.2, -0.15) is 0 Å². The lowest BCUT2D eigenvalue weighted by molar-refractivity contribution is 0.415. The number of anilines is 3. The fraction of sp³-hybridized carbons (Fsp3) is 0.121. The van der Waals surface area contributed by atoms with E-state index in [9.17, 15) is 0 Å². The molecular formula is C66H54N2. The van der Waals surface area contributed by atoms with Crippen molar-refractivity contribution in [1.29, 1.82) is 0 Å². The molecule has 2 unspecified atom stereocenters. The zero-order chi connectivity index (χ0) is 45.9. The third kappa shape index (κ3) is 7.20. The van der Waals surface area contributed by atoms with Crippen LogP contribution in [0.5, 0.6) is 0 Å². The Hall–Kier alpha value is -7.94. The Morgan fingerprint density at radius 2 is 1.06 bits per heavy atom. The molecule has 2 nitrogen and oxygen atoms in total. The second-order valence-corrected chi connectivity index (χ2v) is 19.5. The highest BCUT2D eigenvalue weighted by atomic mass is 15.1. The number of hydrogen-bond acceptors (Lipinski definition) is 1. The molecule has 0 spiro atoms. The fourth-order valence-electron chi connectivity index (χ4n) is 11.3. The van der Waals surface area contributed by atoms with Crippen LogP contribution in [-0.4, -0.2) is 4.57 Å². The van der Waals surface area contributed by atoms with Crippen molar-refractivity contribution in [3.8, 4) is 44.5 Å². The molecule has 12 rings (SSSR count). The smallest absolute Gasteiger partial charge is 0.0538 e. The number of hydrogen-bond donors (Lipinski definition) is 0. The van der Waals surface area contributed by atoms with E-state index in [1.165, 1.54) is 94.4 Å². The summed E-state index contributed by atoms with van der Waals surface area (Å²) in [4.78, 5) is 2.42. The molecule has 0 amide bonds. The quantitative estimate of drug-likeness (QED) is 0.140. The van der Waals surface area contributed by atoms with Crippen LogP contribution >= 0.6 is 0 Å². The molecule has 9 aromatic rings. The molecule has 328 valence electrons. The molecule has 2 heteroatoms. The molecule has 1 heterocycles. The zero-order valence-corrected chi connectivity index (χ0v) is 39.0. The number of nitrogens with zero attached hydrogens (tertiary/aromatic N) is 2. The Morgan fingerprint density at radius 3 is 1.63 bits per heavy atom. The molecule has 3 aliphatic rings. The maximum atomic E-state index is 3.95. The molecular weight excluding hydrogens is 821 g/mol. The van der Waals surface area contributed by atoms with Gasteiger partial charge in [-0.15, -0.1) is 0 Å². The number of rotatable bonds is 9. The topological polar surface area (TPSA) is 8.17 Å². The highest BCUT2D eigenvalue weighted by Gasteiger charge is 2.43. The molecule has 0 fully saturated rings. The van der Waals surface area contributed by atoms with E-state index >= 15 is 0 Å². The summed E-state index contributed by atoms with van der Waals surface area (Å²) in [5, 5.41) is 2.54. The van der Waals surface area contributed by atoms with E-state index in [-0.39, 0.29) is 5.41 Å². The minimum atomic E-state index is 0.0389. The molecule has 0 saturated carbocycles. The third-order valence-corrected chi connectivity index (χ3v) is 15.0. The van der Waals surface area contributed by atoms with E-state index in [2.05, 4.69) is 255 Å². The van der Waals surface area contributed by atoms with Gasteiger partial charge in [0, 0.05) is 33.5 Å².